The van der Waals surface area contributed by atoms with Crippen molar-refractivity contribution in [1.82, 2.24) is 4.90 Å². The minimum absolute atomic E-state index is 0.0589. The molecule has 1 rings (SSSR count). The first-order valence-electron chi connectivity index (χ1n) is 5.47. The van der Waals surface area contributed by atoms with Crippen molar-refractivity contribution < 1.29 is 14.6 Å². The number of carbonyl (C=O) groups excluding carboxylic acids is 1. The number of carbonyl (C=O) groups is 1. The predicted molar refractivity (Wildman–Crippen MR) is 57.6 cm³/mol. The average molecular weight is 215 g/mol. The molecule has 1 N–H and O–H groups in total. The molecule has 15 heavy (non-hydrogen) atoms. The van der Waals surface area contributed by atoms with Crippen LogP contribution in [0.5, 0.6) is 0 Å². The zero-order valence-electron chi connectivity index (χ0n) is 9.99. The zero-order valence-corrected chi connectivity index (χ0v) is 9.99. The topological polar surface area (TPSA) is 49.8 Å². The van der Waals surface area contributed by atoms with Crippen molar-refractivity contribution in [3.8, 4) is 0 Å². The van der Waals surface area contributed by atoms with Gasteiger partial charge in [-0.15, -0.1) is 0 Å². The number of hydrogen-bond acceptors (Lipinski definition) is 3. The Morgan fingerprint density at radius 3 is 2.53 bits per heavy atom. The number of amides is 1. The van der Waals surface area contributed by atoms with Crippen molar-refractivity contribution >= 4 is 6.09 Å². The van der Waals surface area contributed by atoms with Gasteiger partial charge < -0.3 is 14.7 Å². The van der Waals surface area contributed by atoms with Crippen LogP contribution in [0.4, 0.5) is 4.79 Å². The Bertz CT molecular complexity index is 234. The predicted octanol–water partition coefficient (Wildman–Crippen LogP) is 1.77. The summed E-state index contributed by atoms with van der Waals surface area (Å²) in [6, 6.07) is 0.0589. The van der Waals surface area contributed by atoms with Crippen molar-refractivity contribution in [1.29, 1.82) is 0 Å². The number of ether oxygens (including phenoxy) is 1. The van der Waals surface area contributed by atoms with Gasteiger partial charge in [-0.2, -0.15) is 0 Å². The molecule has 1 aliphatic rings. The van der Waals surface area contributed by atoms with Crippen LogP contribution in [-0.4, -0.2) is 40.4 Å². The van der Waals surface area contributed by atoms with Gasteiger partial charge in [0.05, 0.1) is 6.10 Å². The Labute approximate surface area is 91.2 Å². The molecule has 0 aliphatic carbocycles. The van der Waals surface area contributed by atoms with E-state index in [2.05, 4.69) is 0 Å². The molecule has 0 aromatic carbocycles. The molecule has 1 aliphatic heterocycles. The third-order valence-corrected chi connectivity index (χ3v) is 2.48. The highest BCUT2D eigenvalue weighted by Crippen LogP contribution is 2.20. The lowest BCUT2D eigenvalue weighted by molar-refractivity contribution is -0.00456. The summed E-state index contributed by atoms with van der Waals surface area (Å²) < 4.78 is 5.29. The van der Waals surface area contributed by atoms with E-state index in [1.807, 2.05) is 27.7 Å². The molecule has 0 aromatic heterocycles. The minimum Gasteiger partial charge on any atom is -0.444 e. The van der Waals surface area contributed by atoms with Crippen LogP contribution in [0.3, 0.4) is 0 Å². The van der Waals surface area contributed by atoms with E-state index in [9.17, 15) is 9.90 Å². The number of aliphatic hydroxyl groups is 1. The van der Waals surface area contributed by atoms with E-state index in [0.29, 0.717) is 19.4 Å². The van der Waals surface area contributed by atoms with E-state index in [0.717, 1.165) is 0 Å². The summed E-state index contributed by atoms with van der Waals surface area (Å²) >= 11 is 0. The van der Waals surface area contributed by atoms with Crippen LogP contribution in [0.1, 0.15) is 40.5 Å². The molecule has 4 nitrogen and oxygen atoms in total. The molecule has 4 heteroatoms. The molecule has 88 valence electrons. The largest absolute Gasteiger partial charge is 0.444 e. The van der Waals surface area contributed by atoms with Crippen LogP contribution >= 0.6 is 0 Å². The van der Waals surface area contributed by atoms with Crippen molar-refractivity contribution in [2.24, 2.45) is 0 Å². The third kappa shape index (κ3) is 3.70. The van der Waals surface area contributed by atoms with E-state index >= 15 is 0 Å². The molecule has 0 bridgehead atoms. The standard InChI is InChI=1S/C11H21NO3/c1-8-7-9(13)5-6-12(8)10(14)15-11(2,3)4/h8-9,13H,5-7H2,1-4H3/t8-,9?/m1/s1. The van der Waals surface area contributed by atoms with Crippen LogP contribution in [0, 0.1) is 0 Å². The summed E-state index contributed by atoms with van der Waals surface area (Å²) in [6.07, 6.45) is 0.726. The summed E-state index contributed by atoms with van der Waals surface area (Å²) in [5.74, 6) is 0. The molecule has 0 aromatic rings. The Morgan fingerprint density at radius 2 is 2.07 bits per heavy atom. The fraction of sp³-hybridized carbons (Fsp3) is 0.909. The molecule has 0 saturated carbocycles. The Hall–Kier alpha value is -0.770. The second kappa shape index (κ2) is 4.39. The van der Waals surface area contributed by atoms with Gasteiger partial charge in [0.1, 0.15) is 5.60 Å². The number of likely N-dealkylation sites (tertiary alicyclic amines) is 1. The molecule has 1 amide bonds. The van der Waals surface area contributed by atoms with Gasteiger partial charge in [-0.25, -0.2) is 4.79 Å². The third-order valence-electron chi connectivity index (χ3n) is 2.48. The van der Waals surface area contributed by atoms with Gasteiger partial charge in [0.2, 0.25) is 0 Å². The first-order chi connectivity index (χ1) is 6.79. The number of nitrogens with zero attached hydrogens (tertiary/aromatic N) is 1. The molecule has 1 saturated heterocycles. The smallest absolute Gasteiger partial charge is 0.410 e. The Kier molecular flexibility index (Phi) is 3.60. The van der Waals surface area contributed by atoms with Crippen molar-refractivity contribution in [3.05, 3.63) is 0 Å². The zero-order chi connectivity index (χ0) is 11.6. The quantitative estimate of drug-likeness (QED) is 0.670. The first-order valence-corrected chi connectivity index (χ1v) is 5.47. The van der Waals surface area contributed by atoms with Gasteiger partial charge >= 0.3 is 6.09 Å². The van der Waals surface area contributed by atoms with Crippen molar-refractivity contribution in [3.63, 3.8) is 0 Å². The van der Waals surface area contributed by atoms with Crippen LogP contribution in [-0.2, 0) is 4.74 Å². The molecule has 1 heterocycles. The summed E-state index contributed by atoms with van der Waals surface area (Å²) in [6.45, 7) is 8.08. The highest BCUT2D eigenvalue weighted by Gasteiger charge is 2.30. The maximum atomic E-state index is 11.8. The minimum atomic E-state index is -0.452. The molecular formula is C11H21NO3. The van der Waals surface area contributed by atoms with Crippen LogP contribution in [0.15, 0.2) is 0 Å². The number of hydrogen-bond donors (Lipinski definition) is 1. The lowest BCUT2D eigenvalue weighted by Gasteiger charge is -2.36. The Balaban J connectivity index is 2.53. The second-order valence-electron chi connectivity index (χ2n) is 5.20. The summed E-state index contributed by atoms with van der Waals surface area (Å²) in [7, 11) is 0. The van der Waals surface area contributed by atoms with Crippen LogP contribution < -0.4 is 0 Å². The summed E-state index contributed by atoms with van der Waals surface area (Å²) in [5.41, 5.74) is -0.452. The Morgan fingerprint density at radius 1 is 1.47 bits per heavy atom. The maximum Gasteiger partial charge on any atom is 0.410 e. The fourth-order valence-corrected chi connectivity index (χ4v) is 1.74. The van der Waals surface area contributed by atoms with Crippen LogP contribution in [0.25, 0.3) is 0 Å². The molecular weight excluding hydrogens is 194 g/mol. The fourth-order valence-electron chi connectivity index (χ4n) is 1.74. The molecule has 2 atom stereocenters. The van der Waals surface area contributed by atoms with Crippen LogP contribution in [0.2, 0.25) is 0 Å². The van der Waals surface area contributed by atoms with E-state index in [1.54, 1.807) is 4.90 Å². The summed E-state index contributed by atoms with van der Waals surface area (Å²) in [4.78, 5) is 13.4. The monoisotopic (exact) mass is 215 g/mol. The summed E-state index contributed by atoms with van der Waals surface area (Å²) in [5, 5.41) is 9.43. The first kappa shape index (κ1) is 12.3. The molecule has 0 radical (unpaired) electrons. The number of piperidine rings is 1. The molecule has 1 unspecified atom stereocenters. The van der Waals surface area contributed by atoms with Gasteiger partial charge in [0.15, 0.2) is 0 Å². The SMILES string of the molecule is C[C@@H]1CC(O)CCN1C(=O)OC(C)(C)C. The van der Waals surface area contributed by atoms with Gasteiger partial charge in [-0.3, -0.25) is 0 Å². The molecule has 1 fully saturated rings. The highest BCUT2D eigenvalue weighted by molar-refractivity contribution is 5.68. The lowest BCUT2D eigenvalue weighted by atomic mass is 10.0. The number of aliphatic hydroxyl groups excluding tert-OH is 1. The van der Waals surface area contributed by atoms with E-state index in [1.165, 1.54) is 0 Å². The van der Waals surface area contributed by atoms with E-state index in [-0.39, 0.29) is 18.2 Å². The van der Waals surface area contributed by atoms with Gasteiger partial charge in [-0.1, -0.05) is 0 Å². The van der Waals surface area contributed by atoms with Gasteiger partial charge in [-0.05, 0) is 40.5 Å². The number of rotatable bonds is 0. The highest BCUT2D eigenvalue weighted by atomic mass is 16.6. The van der Waals surface area contributed by atoms with Gasteiger partial charge in [0.25, 0.3) is 0 Å². The lowest BCUT2D eigenvalue weighted by Crippen LogP contribution is -2.47. The average Bonchev–Trinajstić information content (AvgIpc) is 1.99. The van der Waals surface area contributed by atoms with E-state index in [4.69, 9.17) is 4.74 Å². The van der Waals surface area contributed by atoms with Gasteiger partial charge in [0, 0.05) is 12.6 Å². The maximum absolute atomic E-state index is 11.8. The second-order valence-corrected chi connectivity index (χ2v) is 5.20. The van der Waals surface area contributed by atoms with Crippen molar-refractivity contribution in [2.45, 2.75) is 58.3 Å². The molecule has 0 spiro atoms. The van der Waals surface area contributed by atoms with Crippen molar-refractivity contribution in [2.75, 3.05) is 6.54 Å². The normalized spacial score (nSPS) is 27.7. The van der Waals surface area contributed by atoms with E-state index < -0.39 is 5.60 Å².